The Morgan fingerprint density at radius 2 is 2.32 bits per heavy atom. The lowest BCUT2D eigenvalue weighted by atomic mass is 10.2. The molecule has 1 heterocycles. The Balaban J connectivity index is 3.00. The van der Waals surface area contributed by atoms with E-state index in [1.165, 1.54) is 12.3 Å². The fraction of sp³-hybridized carbons (Fsp3) is 0.462. The Hall–Kier alpha value is -2.29. The molecular weight excluding hydrogens is 246 g/mol. The zero-order valence-corrected chi connectivity index (χ0v) is 11.0. The van der Waals surface area contributed by atoms with Crippen LogP contribution in [-0.2, 0) is 6.54 Å². The van der Waals surface area contributed by atoms with Crippen molar-refractivity contribution in [3.63, 3.8) is 0 Å². The molecule has 0 aromatic carbocycles. The molecule has 0 bridgehead atoms. The first-order chi connectivity index (χ1) is 9.03. The molecule has 102 valence electrons. The molecule has 1 aromatic rings. The van der Waals surface area contributed by atoms with Gasteiger partial charge in [-0.1, -0.05) is 19.8 Å². The summed E-state index contributed by atoms with van der Waals surface area (Å²) in [5, 5.41) is 13.4. The van der Waals surface area contributed by atoms with Crippen molar-refractivity contribution in [1.29, 1.82) is 0 Å². The number of amides is 1. The fourth-order valence-electron chi connectivity index (χ4n) is 1.70. The van der Waals surface area contributed by atoms with Crippen molar-refractivity contribution in [3.8, 4) is 12.3 Å². The summed E-state index contributed by atoms with van der Waals surface area (Å²) in [4.78, 5) is 22.3. The molecular formula is C13H17N3O3. The molecule has 0 radical (unpaired) electrons. The molecule has 0 saturated heterocycles. The van der Waals surface area contributed by atoms with Crippen molar-refractivity contribution >= 4 is 11.6 Å². The molecule has 1 aromatic heterocycles. The van der Waals surface area contributed by atoms with E-state index < -0.39 is 4.92 Å². The molecule has 0 saturated carbocycles. The smallest absolute Gasteiger partial charge is 0.287 e. The van der Waals surface area contributed by atoms with E-state index in [1.54, 1.807) is 4.57 Å². The number of carbonyl (C=O) groups excluding carboxylic acids is 1. The number of nitrogens with zero attached hydrogens (tertiary/aromatic N) is 2. The van der Waals surface area contributed by atoms with Crippen molar-refractivity contribution < 1.29 is 9.72 Å². The second-order valence-electron chi connectivity index (χ2n) is 4.14. The molecule has 1 atom stereocenters. The Bertz CT molecular complexity index is 514. The van der Waals surface area contributed by atoms with Gasteiger partial charge in [0.25, 0.3) is 11.6 Å². The van der Waals surface area contributed by atoms with Crippen LogP contribution >= 0.6 is 0 Å². The quantitative estimate of drug-likeness (QED) is 0.484. The number of rotatable bonds is 6. The van der Waals surface area contributed by atoms with Gasteiger partial charge < -0.3 is 9.88 Å². The van der Waals surface area contributed by atoms with Gasteiger partial charge in [-0.2, -0.15) is 0 Å². The van der Waals surface area contributed by atoms with E-state index in [4.69, 9.17) is 6.42 Å². The molecule has 1 amide bonds. The number of hydrogen-bond donors (Lipinski definition) is 1. The van der Waals surface area contributed by atoms with Crippen LogP contribution in [0.5, 0.6) is 0 Å². The SMILES string of the molecule is C#CC(CC)NC(=O)c1cc([N+](=O)[O-])cn1CCC. The first-order valence-corrected chi connectivity index (χ1v) is 6.15. The third kappa shape index (κ3) is 3.58. The predicted molar refractivity (Wildman–Crippen MR) is 71.8 cm³/mol. The van der Waals surface area contributed by atoms with E-state index in [-0.39, 0.29) is 23.3 Å². The molecule has 0 fully saturated rings. The standard InChI is InChI=1S/C13H17N3O3/c1-4-7-15-9-11(16(18)19)8-12(15)13(17)14-10(5-2)6-3/h2,8-10H,4,6-7H2,1,3H3,(H,14,17). The van der Waals surface area contributed by atoms with E-state index in [0.29, 0.717) is 13.0 Å². The maximum absolute atomic E-state index is 12.1. The summed E-state index contributed by atoms with van der Waals surface area (Å²) in [6, 6.07) is 0.908. The lowest BCUT2D eigenvalue weighted by Crippen LogP contribution is -2.34. The third-order valence-electron chi connectivity index (χ3n) is 2.70. The number of nitrogens with one attached hydrogen (secondary N) is 1. The molecule has 6 heteroatoms. The average Bonchev–Trinajstić information content (AvgIpc) is 2.80. The van der Waals surface area contributed by atoms with Gasteiger partial charge in [0.1, 0.15) is 5.69 Å². The lowest BCUT2D eigenvalue weighted by Gasteiger charge is -2.12. The number of aromatic nitrogens is 1. The second kappa shape index (κ2) is 6.59. The number of carbonyl (C=O) groups is 1. The molecule has 1 N–H and O–H groups in total. The van der Waals surface area contributed by atoms with Crippen LogP contribution in [0.2, 0.25) is 0 Å². The van der Waals surface area contributed by atoms with Gasteiger partial charge in [0.15, 0.2) is 0 Å². The van der Waals surface area contributed by atoms with Crippen LogP contribution in [-0.4, -0.2) is 21.4 Å². The van der Waals surface area contributed by atoms with Gasteiger partial charge in [0.05, 0.1) is 17.2 Å². The zero-order chi connectivity index (χ0) is 14.4. The minimum Gasteiger partial charge on any atom is -0.337 e. The van der Waals surface area contributed by atoms with Gasteiger partial charge in [-0.15, -0.1) is 6.42 Å². The minimum absolute atomic E-state index is 0.0904. The Morgan fingerprint density at radius 1 is 1.63 bits per heavy atom. The van der Waals surface area contributed by atoms with Crippen molar-refractivity contribution in [2.45, 2.75) is 39.3 Å². The summed E-state index contributed by atoms with van der Waals surface area (Å²) in [7, 11) is 0. The van der Waals surface area contributed by atoms with Gasteiger partial charge in [0.2, 0.25) is 0 Å². The van der Waals surface area contributed by atoms with Gasteiger partial charge in [-0.3, -0.25) is 14.9 Å². The summed E-state index contributed by atoms with van der Waals surface area (Å²) < 4.78 is 1.58. The Morgan fingerprint density at radius 3 is 2.79 bits per heavy atom. The monoisotopic (exact) mass is 263 g/mol. The normalized spacial score (nSPS) is 11.6. The Kier molecular flexibility index (Phi) is 5.12. The topological polar surface area (TPSA) is 77.2 Å². The summed E-state index contributed by atoms with van der Waals surface area (Å²) in [5.74, 6) is 2.08. The van der Waals surface area contributed by atoms with Crippen LogP contribution in [0.4, 0.5) is 5.69 Å². The summed E-state index contributed by atoms with van der Waals surface area (Å²) in [5.41, 5.74) is 0.176. The van der Waals surface area contributed by atoms with E-state index in [9.17, 15) is 14.9 Å². The lowest BCUT2D eigenvalue weighted by molar-refractivity contribution is -0.384. The molecule has 1 rings (SSSR count). The zero-order valence-electron chi connectivity index (χ0n) is 11.0. The highest BCUT2D eigenvalue weighted by molar-refractivity contribution is 5.94. The largest absolute Gasteiger partial charge is 0.337 e. The van der Waals surface area contributed by atoms with E-state index in [0.717, 1.165) is 6.42 Å². The third-order valence-corrected chi connectivity index (χ3v) is 2.70. The molecule has 19 heavy (non-hydrogen) atoms. The fourth-order valence-corrected chi connectivity index (χ4v) is 1.70. The van der Waals surface area contributed by atoms with Gasteiger partial charge >= 0.3 is 0 Å². The number of aryl methyl sites for hydroxylation is 1. The van der Waals surface area contributed by atoms with Gasteiger partial charge in [-0.05, 0) is 12.8 Å². The molecule has 6 nitrogen and oxygen atoms in total. The average molecular weight is 263 g/mol. The van der Waals surface area contributed by atoms with Crippen LogP contribution in [0.15, 0.2) is 12.3 Å². The minimum atomic E-state index is -0.512. The highest BCUT2D eigenvalue weighted by Gasteiger charge is 2.20. The van der Waals surface area contributed by atoms with E-state index in [2.05, 4.69) is 11.2 Å². The molecule has 0 aliphatic carbocycles. The Labute approximate surface area is 111 Å². The van der Waals surface area contributed by atoms with E-state index >= 15 is 0 Å². The van der Waals surface area contributed by atoms with Crippen LogP contribution in [0.1, 0.15) is 37.2 Å². The van der Waals surface area contributed by atoms with Crippen LogP contribution in [0, 0.1) is 22.5 Å². The summed E-state index contributed by atoms with van der Waals surface area (Å²) in [6.07, 6.45) is 8.04. The highest BCUT2D eigenvalue weighted by atomic mass is 16.6. The number of hydrogen-bond acceptors (Lipinski definition) is 3. The predicted octanol–water partition coefficient (Wildman–Crippen LogP) is 1.95. The highest BCUT2D eigenvalue weighted by Crippen LogP contribution is 2.17. The van der Waals surface area contributed by atoms with Crippen molar-refractivity contribution in [2.24, 2.45) is 0 Å². The van der Waals surface area contributed by atoms with Gasteiger partial charge in [0, 0.05) is 12.6 Å². The first-order valence-electron chi connectivity index (χ1n) is 6.15. The summed E-state index contributed by atoms with van der Waals surface area (Å²) >= 11 is 0. The number of terminal acetylenes is 1. The van der Waals surface area contributed by atoms with Crippen LogP contribution in [0.25, 0.3) is 0 Å². The van der Waals surface area contributed by atoms with Crippen molar-refractivity contribution in [1.82, 2.24) is 9.88 Å². The van der Waals surface area contributed by atoms with E-state index in [1.807, 2.05) is 13.8 Å². The first kappa shape index (κ1) is 14.8. The number of nitro groups is 1. The second-order valence-corrected chi connectivity index (χ2v) is 4.14. The van der Waals surface area contributed by atoms with Gasteiger partial charge in [-0.25, -0.2) is 0 Å². The molecule has 0 aliphatic rings. The maximum atomic E-state index is 12.1. The van der Waals surface area contributed by atoms with Crippen molar-refractivity contribution in [3.05, 3.63) is 28.1 Å². The van der Waals surface area contributed by atoms with Crippen molar-refractivity contribution in [2.75, 3.05) is 0 Å². The molecule has 0 aliphatic heterocycles. The maximum Gasteiger partial charge on any atom is 0.287 e. The molecule has 1 unspecified atom stereocenters. The summed E-state index contributed by atoms with van der Waals surface area (Å²) in [6.45, 7) is 4.34. The van der Waals surface area contributed by atoms with Crippen LogP contribution in [0.3, 0.4) is 0 Å². The molecule has 0 spiro atoms. The van der Waals surface area contributed by atoms with Crippen LogP contribution < -0.4 is 5.32 Å².